The molecule has 25 heavy (non-hydrogen) atoms. The molecule has 0 radical (unpaired) electrons. The highest BCUT2D eigenvalue weighted by Crippen LogP contribution is 2.23. The molecular formula is C17H25N5O2S. The van der Waals surface area contributed by atoms with E-state index in [1.54, 1.807) is 16.7 Å². The van der Waals surface area contributed by atoms with Gasteiger partial charge in [0.1, 0.15) is 0 Å². The molecule has 2 aromatic rings. The van der Waals surface area contributed by atoms with Gasteiger partial charge in [-0.25, -0.2) is 17.7 Å². The predicted octanol–water partition coefficient (Wildman–Crippen LogP) is 1.96. The molecule has 2 aromatic heterocycles. The van der Waals surface area contributed by atoms with Crippen LogP contribution in [0, 0.1) is 5.92 Å². The van der Waals surface area contributed by atoms with E-state index >= 15 is 0 Å². The van der Waals surface area contributed by atoms with Gasteiger partial charge in [0, 0.05) is 37.6 Å². The Balaban J connectivity index is 1.71. The summed E-state index contributed by atoms with van der Waals surface area (Å²) in [6.07, 6.45) is 12.3. The Morgan fingerprint density at radius 1 is 1.28 bits per heavy atom. The maximum absolute atomic E-state index is 11.8. The number of aryl methyl sites for hydroxylation is 1. The van der Waals surface area contributed by atoms with E-state index in [0.29, 0.717) is 13.1 Å². The van der Waals surface area contributed by atoms with Gasteiger partial charge in [0.25, 0.3) is 0 Å². The topological polar surface area (TPSA) is 81.0 Å². The van der Waals surface area contributed by atoms with Crippen molar-refractivity contribution in [1.82, 2.24) is 24.1 Å². The van der Waals surface area contributed by atoms with Crippen LogP contribution in [0.25, 0.3) is 11.3 Å². The Bertz CT molecular complexity index is 818. The Kier molecular flexibility index (Phi) is 5.48. The number of sulfonamides is 1. The van der Waals surface area contributed by atoms with E-state index in [1.807, 2.05) is 17.1 Å². The molecule has 0 bridgehead atoms. The average Bonchev–Trinajstić information content (AvgIpc) is 3.04. The summed E-state index contributed by atoms with van der Waals surface area (Å²) in [5, 5.41) is 4.34. The number of hydrogen-bond donors (Lipinski definition) is 0. The minimum Gasteiger partial charge on any atom is -0.272 e. The number of piperidine rings is 1. The third-order valence-electron chi connectivity index (χ3n) is 4.51. The molecule has 0 saturated carbocycles. The van der Waals surface area contributed by atoms with E-state index in [9.17, 15) is 8.42 Å². The summed E-state index contributed by atoms with van der Waals surface area (Å²) in [5.74, 6) is 0.288. The van der Waals surface area contributed by atoms with Gasteiger partial charge in [0.05, 0.1) is 30.0 Å². The third kappa shape index (κ3) is 4.64. The summed E-state index contributed by atoms with van der Waals surface area (Å²) in [7, 11) is -3.12. The quantitative estimate of drug-likeness (QED) is 0.784. The molecule has 0 N–H and O–H groups in total. The second kappa shape index (κ2) is 7.61. The number of nitrogens with zero attached hydrogens (tertiary/aromatic N) is 5. The lowest BCUT2D eigenvalue weighted by molar-refractivity contribution is 0.265. The molecule has 0 aromatic carbocycles. The van der Waals surface area contributed by atoms with Crippen molar-refractivity contribution in [3.05, 3.63) is 30.5 Å². The number of aromatic nitrogens is 4. The first kappa shape index (κ1) is 18.0. The largest absolute Gasteiger partial charge is 0.272 e. The minimum atomic E-state index is -3.12. The molecule has 7 nitrogen and oxygen atoms in total. The smallest absolute Gasteiger partial charge is 0.211 e. The Morgan fingerprint density at radius 2 is 2.12 bits per heavy atom. The van der Waals surface area contributed by atoms with Crippen LogP contribution in [0.2, 0.25) is 0 Å². The van der Waals surface area contributed by atoms with Crippen LogP contribution < -0.4 is 0 Å². The fourth-order valence-electron chi connectivity index (χ4n) is 3.28. The Hall–Kier alpha value is -1.80. The van der Waals surface area contributed by atoms with Crippen molar-refractivity contribution in [2.75, 3.05) is 19.3 Å². The van der Waals surface area contributed by atoms with Crippen molar-refractivity contribution in [2.45, 2.75) is 39.2 Å². The highest BCUT2D eigenvalue weighted by Gasteiger charge is 2.26. The van der Waals surface area contributed by atoms with Crippen LogP contribution >= 0.6 is 0 Å². The van der Waals surface area contributed by atoms with Crippen LogP contribution in [0.4, 0.5) is 0 Å². The number of hydrogen-bond acceptors (Lipinski definition) is 5. The maximum atomic E-state index is 11.8. The molecule has 1 aliphatic heterocycles. The van der Waals surface area contributed by atoms with Crippen LogP contribution in [0.15, 0.2) is 24.8 Å². The van der Waals surface area contributed by atoms with Crippen LogP contribution in [-0.2, 0) is 23.0 Å². The molecule has 1 aliphatic rings. The predicted molar refractivity (Wildman–Crippen MR) is 96.4 cm³/mol. The third-order valence-corrected chi connectivity index (χ3v) is 5.78. The molecule has 1 atom stereocenters. The summed E-state index contributed by atoms with van der Waals surface area (Å²) in [6, 6.07) is 0. The second-order valence-electron chi connectivity index (χ2n) is 6.72. The van der Waals surface area contributed by atoms with E-state index in [-0.39, 0.29) is 5.92 Å². The zero-order chi connectivity index (χ0) is 17.9. The normalized spacial score (nSPS) is 19.2. The monoisotopic (exact) mass is 363 g/mol. The fourth-order valence-corrected chi connectivity index (χ4v) is 4.22. The molecule has 0 amide bonds. The molecule has 0 spiro atoms. The van der Waals surface area contributed by atoms with Gasteiger partial charge in [0.15, 0.2) is 0 Å². The van der Waals surface area contributed by atoms with Gasteiger partial charge in [-0.3, -0.25) is 9.67 Å². The van der Waals surface area contributed by atoms with Gasteiger partial charge < -0.3 is 0 Å². The Labute approximate surface area is 149 Å². The molecule has 0 aliphatic carbocycles. The molecular weight excluding hydrogens is 338 g/mol. The molecule has 3 heterocycles. The molecule has 1 saturated heterocycles. The van der Waals surface area contributed by atoms with Crippen molar-refractivity contribution in [3.8, 4) is 11.3 Å². The SMILES string of the molecule is CCCn1cc(-c2cncc(C[C@@H]3CCCN(S(C)(=O)=O)C3)n2)cn1. The average molecular weight is 363 g/mol. The zero-order valence-corrected chi connectivity index (χ0v) is 15.6. The standard InChI is InChI=1S/C17H25N5O2S/c1-3-6-21-13-15(9-19-21)17-11-18-10-16(20-17)8-14-5-4-7-22(12-14)25(2,23)24/h9-11,13-14H,3-8,12H2,1-2H3/t14-/m0/s1. The van der Waals surface area contributed by atoms with Gasteiger partial charge >= 0.3 is 0 Å². The minimum absolute atomic E-state index is 0.288. The van der Waals surface area contributed by atoms with Crippen LogP contribution in [0.5, 0.6) is 0 Å². The highest BCUT2D eigenvalue weighted by molar-refractivity contribution is 7.88. The molecule has 136 valence electrons. The molecule has 8 heteroatoms. The molecule has 0 unspecified atom stereocenters. The van der Waals surface area contributed by atoms with E-state index in [0.717, 1.165) is 49.2 Å². The van der Waals surface area contributed by atoms with Crippen LogP contribution in [0.1, 0.15) is 31.9 Å². The zero-order valence-electron chi connectivity index (χ0n) is 14.8. The summed E-state index contributed by atoms with van der Waals surface area (Å²) >= 11 is 0. The van der Waals surface area contributed by atoms with E-state index in [2.05, 4.69) is 17.0 Å². The lowest BCUT2D eigenvalue weighted by Crippen LogP contribution is -2.39. The Morgan fingerprint density at radius 3 is 2.88 bits per heavy atom. The van der Waals surface area contributed by atoms with E-state index in [4.69, 9.17) is 4.98 Å². The van der Waals surface area contributed by atoms with Gasteiger partial charge in [-0.15, -0.1) is 0 Å². The summed E-state index contributed by atoms with van der Waals surface area (Å²) in [4.78, 5) is 9.03. The summed E-state index contributed by atoms with van der Waals surface area (Å²) in [5.41, 5.74) is 2.68. The molecule has 1 fully saturated rings. The van der Waals surface area contributed by atoms with E-state index in [1.165, 1.54) is 6.26 Å². The fraction of sp³-hybridized carbons (Fsp3) is 0.588. The first-order chi connectivity index (χ1) is 12.0. The van der Waals surface area contributed by atoms with Crippen LogP contribution in [-0.4, -0.2) is 51.8 Å². The van der Waals surface area contributed by atoms with Crippen molar-refractivity contribution in [2.24, 2.45) is 5.92 Å². The van der Waals surface area contributed by atoms with Gasteiger partial charge in [-0.2, -0.15) is 5.10 Å². The van der Waals surface area contributed by atoms with Crippen molar-refractivity contribution in [1.29, 1.82) is 0 Å². The van der Waals surface area contributed by atoms with Gasteiger partial charge in [0.2, 0.25) is 10.0 Å². The lowest BCUT2D eigenvalue weighted by Gasteiger charge is -2.30. The molecule has 3 rings (SSSR count). The van der Waals surface area contributed by atoms with Gasteiger partial charge in [-0.1, -0.05) is 6.92 Å². The van der Waals surface area contributed by atoms with E-state index < -0.39 is 10.0 Å². The maximum Gasteiger partial charge on any atom is 0.211 e. The van der Waals surface area contributed by atoms with Crippen molar-refractivity contribution >= 4 is 10.0 Å². The summed E-state index contributed by atoms with van der Waals surface area (Å²) in [6.45, 7) is 4.19. The van der Waals surface area contributed by atoms with Gasteiger partial charge in [-0.05, 0) is 31.6 Å². The van der Waals surface area contributed by atoms with Crippen molar-refractivity contribution < 1.29 is 8.42 Å². The van der Waals surface area contributed by atoms with Crippen molar-refractivity contribution in [3.63, 3.8) is 0 Å². The first-order valence-electron chi connectivity index (χ1n) is 8.74. The number of rotatable bonds is 6. The second-order valence-corrected chi connectivity index (χ2v) is 8.70. The lowest BCUT2D eigenvalue weighted by atomic mass is 9.95. The first-order valence-corrected chi connectivity index (χ1v) is 10.6. The summed E-state index contributed by atoms with van der Waals surface area (Å²) < 4.78 is 27.0. The highest BCUT2D eigenvalue weighted by atomic mass is 32.2. The van der Waals surface area contributed by atoms with Crippen LogP contribution in [0.3, 0.4) is 0 Å².